The molecule has 0 atom stereocenters. The average Bonchev–Trinajstić information content (AvgIpc) is 2.73. The van der Waals surface area contributed by atoms with E-state index in [0.717, 1.165) is 12.0 Å². The molecule has 0 N–H and O–H groups in total. The van der Waals surface area contributed by atoms with Crippen LogP contribution in [0.3, 0.4) is 0 Å². The highest BCUT2D eigenvalue weighted by Gasteiger charge is 2.33. The standard InChI is InChI=1S/C15H14ClNO3S2/c1-2-6-20-13(18)9-17-14(19)12(22-15(17)21)8-10-4-3-5-11(16)7-10/h3-5,7-8H,2,6,9H2,1H3. The van der Waals surface area contributed by atoms with Crippen LogP contribution >= 0.6 is 35.6 Å². The van der Waals surface area contributed by atoms with Crippen molar-refractivity contribution in [2.75, 3.05) is 13.2 Å². The molecule has 1 aromatic carbocycles. The lowest BCUT2D eigenvalue weighted by Crippen LogP contribution is -2.34. The molecule has 4 nitrogen and oxygen atoms in total. The van der Waals surface area contributed by atoms with E-state index in [4.69, 9.17) is 28.6 Å². The van der Waals surface area contributed by atoms with Crippen molar-refractivity contribution in [3.05, 3.63) is 39.8 Å². The molecule has 1 aliphatic heterocycles. The van der Waals surface area contributed by atoms with E-state index in [0.29, 0.717) is 20.9 Å². The maximum Gasteiger partial charge on any atom is 0.326 e. The largest absolute Gasteiger partial charge is 0.464 e. The molecule has 0 aliphatic carbocycles. The number of thiocarbonyl (C=S) groups is 1. The Labute approximate surface area is 143 Å². The van der Waals surface area contributed by atoms with Gasteiger partial charge in [0.05, 0.1) is 11.5 Å². The number of amides is 1. The van der Waals surface area contributed by atoms with E-state index in [9.17, 15) is 9.59 Å². The molecule has 1 amide bonds. The predicted molar refractivity (Wildman–Crippen MR) is 92.6 cm³/mol. The van der Waals surface area contributed by atoms with Crippen molar-refractivity contribution in [1.82, 2.24) is 4.90 Å². The van der Waals surface area contributed by atoms with Crippen molar-refractivity contribution in [2.45, 2.75) is 13.3 Å². The molecule has 116 valence electrons. The summed E-state index contributed by atoms with van der Waals surface area (Å²) in [5.41, 5.74) is 0.807. The van der Waals surface area contributed by atoms with Crippen molar-refractivity contribution in [3.63, 3.8) is 0 Å². The summed E-state index contributed by atoms with van der Waals surface area (Å²) in [7, 11) is 0. The summed E-state index contributed by atoms with van der Waals surface area (Å²) in [6.45, 7) is 2.09. The molecule has 1 aromatic rings. The second-order valence-electron chi connectivity index (χ2n) is 4.54. The number of nitrogens with zero attached hydrogens (tertiary/aromatic N) is 1. The highest BCUT2D eigenvalue weighted by atomic mass is 35.5. The molecular weight excluding hydrogens is 342 g/mol. The van der Waals surface area contributed by atoms with E-state index < -0.39 is 5.97 Å². The van der Waals surface area contributed by atoms with E-state index in [1.54, 1.807) is 24.3 Å². The Bertz CT molecular complexity index is 645. The zero-order valence-corrected chi connectivity index (χ0v) is 14.3. The molecule has 0 radical (unpaired) electrons. The molecule has 0 spiro atoms. The van der Waals surface area contributed by atoms with Crippen LogP contribution in [0.15, 0.2) is 29.2 Å². The SMILES string of the molecule is CCCOC(=O)CN1C(=O)C(=Cc2cccc(Cl)c2)SC1=S. The summed E-state index contributed by atoms with van der Waals surface area (Å²) in [6, 6.07) is 7.16. The van der Waals surface area contributed by atoms with Gasteiger partial charge in [-0.25, -0.2) is 0 Å². The summed E-state index contributed by atoms with van der Waals surface area (Å²) in [6.07, 6.45) is 2.45. The van der Waals surface area contributed by atoms with E-state index >= 15 is 0 Å². The quantitative estimate of drug-likeness (QED) is 0.459. The van der Waals surface area contributed by atoms with Crippen LogP contribution in [0.5, 0.6) is 0 Å². The number of carbonyl (C=O) groups is 2. The van der Waals surface area contributed by atoms with Crippen LogP contribution in [0.4, 0.5) is 0 Å². The van der Waals surface area contributed by atoms with Crippen LogP contribution in [0.1, 0.15) is 18.9 Å². The van der Waals surface area contributed by atoms with Gasteiger partial charge in [0.15, 0.2) is 0 Å². The first-order valence-corrected chi connectivity index (χ1v) is 8.28. The number of rotatable bonds is 5. The zero-order chi connectivity index (χ0) is 16.1. The highest BCUT2D eigenvalue weighted by Crippen LogP contribution is 2.32. The van der Waals surface area contributed by atoms with Crippen molar-refractivity contribution < 1.29 is 14.3 Å². The molecule has 1 aliphatic rings. The van der Waals surface area contributed by atoms with Gasteiger partial charge in [0.25, 0.3) is 5.91 Å². The van der Waals surface area contributed by atoms with Gasteiger partial charge < -0.3 is 4.74 Å². The van der Waals surface area contributed by atoms with E-state index in [2.05, 4.69) is 0 Å². The molecule has 1 fully saturated rings. The number of carbonyl (C=O) groups excluding carboxylic acids is 2. The number of thioether (sulfide) groups is 1. The lowest BCUT2D eigenvalue weighted by atomic mass is 10.2. The lowest BCUT2D eigenvalue weighted by molar-refractivity contribution is -0.146. The third kappa shape index (κ3) is 4.32. The number of benzene rings is 1. The van der Waals surface area contributed by atoms with E-state index in [1.165, 1.54) is 16.7 Å². The molecule has 1 heterocycles. The number of hydrogen-bond donors (Lipinski definition) is 0. The average molecular weight is 356 g/mol. The Balaban J connectivity index is 2.10. The van der Waals surface area contributed by atoms with Gasteiger partial charge in [-0.15, -0.1) is 0 Å². The lowest BCUT2D eigenvalue weighted by Gasteiger charge is -2.13. The molecule has 0 aromatic heterocycles. The molecule has 1 saturated heterocycles. The number of halogens is 1. The molecule has 2 rings (SSSR count). The van der Waals surface area contributed by atoms with Gasteiger partial charge in [-0.05, 0) is 30.2 Å². The Morgan fingerprint density at radius 3 is 2.95 bits per heavy atom. The fraction of sp³-hybridized carbons (Fsp3) is 0.267. The fourth-order valence-electron chi connectivity index (χ4n) is 1.77. The second kappa shape index (κ2) is 7.76. The topological polar surface area (TPSA) is 46.6 Å². The number of ether oxygens (including phenoxy) is 1. The van der Waals surface area contributed by atoms with Crippen molar-refractivity contribution >= 4 is 57.9 Å². The Hall–Kier alpha value is -1.37. The number of esters is 1. The predicted octanol–water partition coefficient (Wildman–Crippen LogP) is 3.49. The monoisotopic (exact) mass is 355 g/mol. The first-order chi connectivity index (χ1) is 10.5. The molecule has 0 saturated carbocycles. The Kier molecular flexibility index (Phi) is 5.99. The van der Waals surface area contributed by atoms with Crippen LogP contribution in [0, 0.1) is 0 Å². The molecular formula is C15H14ClNO3S2. The van der Waals surface area contributed by atoms with Crippen LogP contribution < -0.4 is 0 Å². The molecule has 7 heteroatoms. The van der Waals surface area contributed by atoms with E-state index in [-0.39, 0.29) is 12.5 Å². The van der Waals surface area contributed by atoms with Gasteiger partial charge in [-0.2, -0.15) is 0 Å². The van der Waals surface area contributed by atoms with Crippen LogP contribution in [-0.4, -0.2) is 34.2 Å². The summed E-state index contributed by atoms with van der Waals surface area (Å²) in [5, 5.41) is 0.590. The first-order valence-electron chi connectivity index (χ1n) is 6.68. The maximum atomic E-state index is 12.3. The third-order valence-corrected chi connectivity index (χ3v) is 4.39. The number of hydrogen-bond acceptors (Lipinski definition) is 5. The molecule has 22 heavy (non-hydrogen) atoms. The minimum atomic E-state index is -0.456. The Morgan fingerprint density at radius 2 is 2.27 bits per heavy atom. The Morgan fingerprint density at radius 1 is 1.50 bits per heavy atom. The van der Waals surface area contributed by atoms with Crippen LogP contribution in [-0.2, 0) is 14.3 Å². The minimum Gasteiger partial charge on any atom is -0.464 e. The van der Waals surface area contributed by atoms with Gasteiger partial charge in [-0.3, -0.25) is 14.5 Å². The second-order valence-corrected chi connectivity index (χ2v) is 6.66. The van der Waals surface area contributed by atoms with Gasteiger partial charge in [0.1, 0.15) is 10.9 Å². The summed E-state index contributed by atoms with van der Waals surface area (Å²) < 4.78 is 5.33. The fourth-order valence-corrected chi connectivity index (χ4v) is 3.23. The maximum absolute atomic E-state index is 12.3. The van der Waals surface area contributed by atoms with Crippen molar-refractivity contribution in [1.29, 1.82) is 0 Å². The van der Waals surface area contributed by atoms with E-state index in [1.807, 2.05) is 13.0 Å². The van der Waals surface area contributed by atoms with Gasteiger partial charge >= 0.3 is 5.97 Å². The third-order valence-electron chi connectivity index (χ3n) is 2.77. The highest BCUT2D eigenvalue weighted by molar-refractivity contribution is 8.26. The minimum absolute atomic E-state index is 0.155. The van der Waals surface area contributed by atoms with Gasteiger partial charge in [0, 0.05) is 5.02 Å². The van der Waals surface area contributed by atoms with Crippen molar-refractivity contribution in [2.24, 2.45) is 0 Å². The van der Waals surface area contributed by atoms with Gasteiger partial charge in [0.2, 0.25) is 0 Å². The van der Waals surface area contributed by atoms with Crippen molar-refractivity contribution in [3.8, 4) is 0 Å². The summed E-state index contributed by atoms with van der Waals surface area (Å²) in [5.74, 6) is -0.745. The van der Waals surface area contributed by atoms with Crippen LogP contribution in [0.2, 0.25) is 5.02 Å². The molecule has 0 unspecified atom stereocenters. The first kappa shape index (κ1) is 17.0. The molecule has 0 bridgehead atoms. The smallest absolute Gasteiger partial charge is 0.326 e. The van der Waals surface area contributed by atoms with Gasteiger partial charge in [-0.1, -0.05) is 54.6 Å². The summed E-state index contributed by atoms with van der Waals surface area (Å²) in [4.78, 5) is 25.7. The zero-order valence-electron chi connectivity index (χ0n) is 11.9. The normalized spacial score (nSPS) is 16.5. The summed E-state index contributed by atoms with van der Waals surface area (Å²) >= 11 is 12.3. The van der Waals surface area contributed by atoms with Crippen LogP contribution in [0.25, 0.3) is 6.08 Å².